The molecule has 1 aliphatic rings. The largest absolute Gasteiger partial charge is 0.356 e. The molecule has 0 aliphatic carbocycles. The summed E-state index contributed by atoms with van der Waals surface area (Å²) in [5, 5.41) is 18.0. The van der Waals surface area contributed by atoms with E-state index in [4.69, 9.17) is 5.41 Å². The fourth-order valence-corrected chi connectivity index (χ4v) is 3.82. The summed E-state index contributed by atoms with van der Waals surface area (Å²) in [6.45, 7) is 1.80. The number of hydrogen-bond donors (Lipinski definition) is 3. The first-order chi connectivity index (χ1) is 15.5. The number of aromatic nitrogens is 2. The van der Waals surface area contributed by atoms with Crippen molar-refractivity contribution < 1.29 is 9.59 Å². The highest BCUT2D eigenvalue weighted by Crippen LogP contribution is 2.19. The van der Waals surface area contributed by atoms with Gasteiger partial charge in [-0.15, -0.1) is 0 Å². The minimum absolute atomic E-state index is 0.273. The number of anilines is 2. The van der Waals surface area contributed by atoms with Crippen molar-refractivity contribution in [3.63, 3.8) is 0 Å². The van der Waals surface area contributed by atoms with Gasteiger partial charge in [0.1, 0.15) is 17.2 Å². The van der Waals surface area contributed by atoms with E-state index in [1.165, 1.54) is 16.4 Å². The maximum absolute atomic E-state index is 12.8. The monoisotopic (exact) mass is 542 g/mol. The average molecular weight is 542 g/mol. The maximum atomic E-state index is 12.8. The Balaban J connectivity index is 1.46. The minimum atomic E-state index is -0.353. The van der Waals surface area contributed by atoms with Crippen LogP contribution >= 0.6 is 22.6 Å². The molecular formula is C23H23IN6O2. The lowest BCUT2D eigenvalue weighted by Gasteiger charge is -2.33. The van der Waals surface area contributed by atoms with Crippen molar-refractivity contribution in [3.05, 3.63) is 77.0 Å². The van der Waals surface area contributed by atoms with Crippen LogP contribution in [-0.4, -0.2) is 45.4 Å². The van der Waals surface area contributed by atoms with Crippen LogP contribution in [0.25, 0.3) is 0 Å². The van der Waals surface area contributed by atoms with Gasteiger partial charge >= 0.3 is 0 Å². The zero-order chi connectivity index (χ0) is 22.7. The number of amidine groups is 1. The summed E-state index contributed by atoms with van der Waals surface area (Å²) >= 11 is 2.28. The summed E-state index contributed by atoms with van der Waals surface area (Å²) in [5.41, 5.74) is 3.33. The topological polar surface area (TPSA) is 103 Å². The Labute approximate surface area is 199 Å². The molecule has 1 fully saturated rings. The standard InChI is InChI=1S/C23H23IN6O2/c1-29-21(19(14-26-29)23(32)27-18-9-3-15(13-24)4-10-18)28-22(31)17-7-5-16(6-8-17)20(25)30-11-2-12-30/h3-10,14,25H,2,11-13H2,1H3,(H,27,32)(H,28,31). The third-order valence-corrected chi connectivity index (χ3v) is 6.26. The van der Waals surface area contributed by atoms with Gasteiger partial charge in [-0.1, -0.05) is 46.9 Å². The molecule has 164 valence electrons. The van der Waals surface area contributed by atoms with Gasteiger partial charge in [-0.3, -0.25) is 19.7 Å². The van der Waals surface area contributed by atoms with Gasteiger partial charge in [0.25, 0.3) is 11.8 Å². The second-order valence-corrected chi connectivity index (χ2v) is 8.30. The normalized spacial score (nSPS) is 12.8. The molecule has 3 aromatic rings. The number of aryl methyl sites for hydroxylation is 1. The number of hydrogen-bond acceptors (Lipinski definition) is 4. The molecule has 32 heavy (non-hydrogen) atoms. The van der Waals surface area contributed by atoms with Crippen molar-refractivity contribution in [2.45, 2.75) is 10.8 Å². The van der Waals surface area contributed by atoms with Crippen LogP contribution in [0, 0.1) is 5.41 Å². The summed E-state index contributed by atoms with van der Waals surface area (Å²) in [4.78, 5) is 27.6. The van der Waals surface area contributed by atoms with Crippen LogP contribution in [0.4, 0.5) is 11.5 Å². The van der Waals surface area contributed by atoms with Crippen molar-refractivity contribution in [1.29, 1.82) is 5.41 Å². The number of alkyl halides is 1. The first-order valence-electron chi connectivity index (χ1n) is 10.2. The van der Waals surface area contributed by atoms with E-state index in [9.17, 15) is 9.59 Å². The van der Waals surface area contributed by atoms with Crippen LogP contribution in [0.3, 0.4) is 0 Å². The Morgan fingerprint density at radius 1 is 1.00 bits per heavy atom. The zero-order valence-electron chi connectivity index (χ0n) is 17.6. The van der Waals surface area contributed by atoms with E-state index in [1.54, 1.807) is 31.3 Å². The van der Waals surface area contributed by atoms with E-state index in [0.29, 0.717) is 22.9 Å². The van der Waals surface area contributed by atoms with Crippen LogP contribution in [0.15, 0.2) is 54.7 Å². The Hall–Kier alpha value is -3.21. The number of rotatable bonds is 6. The van der Waals surface area contributed by atoms with Crippen LogP contribution in [0.5, 0.6) is 0 Å². The number of halogens is 1. The fraction of sp³-hybridized carbons (Fsp3) is 0.217. The molecule has 0 radical (unpaired) electrons. The molecule has 8 nitrogen and oxygen atoms in total. The Morgan fingerprint density at radius 2 is 1.66 bits per heavy atom. The minimum Gasteiger partial charge on any atom is -0.356 e. The second kappa shape index (κ2) is 9.51. The number of likely N-dealkylation sites (tertiary alicyclic amines) is 1. The van der Waals surface area contributed by atoms with Crippen molar-refractivity contribution in [2.24, 2.45) is 7.05 Å². The number of carbonyl (C=O) groups is 2. The van der Waals surface area contributed by atoms with E-state index in [2.05, 4.69) is 38.3 Å². The SMILES string of the molecule is Cn1ncc(C(=O)Nc2ccc(CI)cc2)c1NC(=O)c1ccc(C(=N)N2CCC2)cc1. The van der Waals surface area contributed by atoms with E-state index in [-0.39, 0.29) is 17.4 Å². The van der Waals surface area contributed by atoms with Gasteiger partial charge in [0.15, 0.2) is 0 Å². The van der Waals surface area contributed by atoms with Gasteiger partial charge in [-0.2, -0.15) is 5.10 Å². The van der Waals surface area contributed by atoms with Crippen LogP contribution in [0.2, 0.25) is 0 Å². The molecule has 1 saturated heterocycles. The lowest BCUT2D eigenvalue weighted by atomic mass is 10.1. The lowest BCUT2D eigenvalue weighted by Crippen LogP contribution is -2.42. The van der Waals surface area contributed by atoms with E-state index in [1.807, 2.05) is 29.2 Å². The number of amides is 2. The average Bonchev–Trinajstić information content (AvgIpc) is 3.13. The molecule has 9 heteroatoms. The van der Waals surface area contributed by atoms with Crippen molar-refractivity contribution in [2.75, 3.05) is 23.7 Å². The molecule has 2 aromatic carbocycles. The molecule has 1 aliphatic heterocycles. The predicted octanol–water partition coefficient (Wildman–Crippen LogP) is 3.89. The third kappa shape index (κ3) is 4.67. The van der Waals surface area contributed by atoms with Crippen molar-refractivity contribution in [1.82, 2.24) is 14.7 Å². The number of nitrogens with one attached hydrogen (secondary N) is 3. The molecule has 1 aromatic heterocycles. The molecule has 0 saturated carbocycles. The summed E-state index contributed by atoms with van der Waals surface area (Å²) in [6.07, 6.45) is 2.54. The third-order valence-electron chi connectivity index (χ3n) is 5.37. The van der Waals surface area contributed by atoms with E-state index in [0.717, 1.165) is 29.5 Å². The molecule has 3 N–H and O–H groups in total. The Bertz CT molecular complexity index is 1150. The van der Waals surface area contributed by atoms with Gasteiger partial charge in [-0.25, -0.2) is 0 Å². The van der Waals surface area contributed by atoms with Crippen LogP contribution in [-0.2, 0) is 11.5 Å². The van der Waals surface area contributed by atoms with Crippen molar-refractivity contribution in [3.8, 4) is 0 Å². The molecule has 0 unspecified atom stereocenters. The lowest BCUT2D eigenvalue weighted by molar-refractivity contribution is 0.102. The van der Waals surface area contributed by atoms with Crippen LogP contribution in [0.1, 0.15) is 38.3 Å². The van der Waals surface area contributed by atoms with Gasteiger partial charge in [0.05, 0.1) is 6.20 Å². The number of carbonyl (C=O) groups excluding carboxylic acids is 2. The summed E-state index contributed by atoms with van der Waals surface area (Å²) in [7, 11) is 1.67. The molecule has 0 atom stereocenters. The van der Waals surface area contributed by atoms with Gasteiger partial charge in [0.2, 0.25) is 0 Å². The maximum Gasteiger partial charge on any atom is 0.261 e. The smallest absolute Gasteiger partial charge is 0.261 e. The molecular weight excluding hydrogens is 519 g/mol. The molecule has 0 bridgehead atoms. The predicted molar refractivity (Wildman–Crippen MR) is 133 cm³/mol. The Kier molecular flexibility index (Phi) is 6.54. The second-order valence-electron chi connectivity index (χ2n) is 7.54. The fourth-order valence-electron chi connectivity index (χ4n) is 3.31. The summed E-state index contributed by atoms with van der Waals surface area (Å²) in [5.74, 6) is 0.0825. The zero-order valence-corrected chi connectivity index (χ0v) is 19.7. The van der Waals surface area contributed by atoms with Crippen LogP contribution < -0.4 is 10.6 Å². The van der Waals surface area contributed by atoms with Crippen molar-refractivity contribution >= 4 is 51.7 Å². The Morgan fingerprint density at radius 3 is 2.25 bits per heavy atom. The van der Waals surface area contributed by atoms with Gasteiger partial charge in [0, 0.05) is 41.4 Å². The highest BCUT2D eigenvalue weighted by molar-refractivity contribution is 14.1. The first kappa shape index (κ1) is 22.0. The van der Waals surface area contributed by atoms with E-state index >= 15 is 0 Å². The molecule has 2 heterocycles. The number of nitrogens with zero attached hydrogens (tertiary/aromatic N) is 3. The van der Waals surface area contributed by atoms with Gasteiger partial charge in [-0.05, 0) is 36.2 Å². The summed E-state index contributed by atoms with van der Waals surface area (Å²) in [6, 6.07) is 14.5. The first-order valence-corrected chi connectivity index (χ1v) is 11.7. The quantitative estimate of drug-likeness (QED) is 0.190. The highest BCUT2D eigenvalue weighted by Gasteiger charge is 2.21. The van der Waals surface area contributed by atoms with E-state index < -0.39 is 0 Å². The van der Waals surface area contributed by atoms with Gasteiger partial charge < -0.3 is 15.5 Å². The highest BCUT2D eigenvalue weighted by atomic mass is 127. The molecule has 4 rings (SSSR count). The molecule has 0 spiro atoms. The summed E-state index contributed by atoms with van der Waals surface area (Å²) < 4.78 is 2.35. The molecule has 2 amide bonds. The number of benzene rings is 2.